The number of aromatic nitrogens is 6. The molecule has 3 aromatic heterocycles. The van der Waals surface area contributed by atoms with E-state index in [-0.39, 0.29) is 11.9 Å². The van der Waals surface area contributed by atoms with Crippen molar-refractivity contribution in [2.75, 3.05) is 0 Å². The van der Waals surface area contributed by atoms with Crippen LogP contribution >= 0.6 is 0 Å². The summed E-state index contributed by atoms with van der Waals surface area (Å²) >= 11 is 0. The van der Waals surface area contributed by atoms with Gasteiger partial charge in [0, 0.05) is 18.3 Å². The molecule has 0 aliphatic heterocycles. The molecular formula is C16H21N7O. The van der Waals surface area contributed by atoms with Gasteiger partial charge in [0.1, 0.15) is 17.8 Å². The van der Waals surface area contributed by atoms with Gasteiger partial charge in [-0.05, 0) is 33.3 Å². The second kappa shape index (κ2) is 6.38. The van der Waals surface area contributed by atoms with Gasteiger partial charge in [0.2, 0.25) is 0 Å². The normalized spacial score (nSPS) is 12.5. The molecule has 3 rings (SSSR count). The standard InChI is InChI=1S/C16H21N7O/c1-5-12(15-17-9-18-22(15)6-2)20-16(24)13-8-11(4)23-14(19-13)7-10(3)21-23/h7-9,12H,5-6H2,1-4H3,(H,20,24)/t12-/m0/s1. The molecule has 0 spiro atoms. The van der Waals surface area contributed by atoms with E-state index in [9.17, 15) is 4.79 Å². The minimum atomic E-state index is -0.225. The third-order valence-corrected chi connectivity index (χ3v) is 3.93. The molecule has 0 saturated carbocycles. The lowest BCUT2D eigenvalue weighted by Crippen LogP contribution is -2.31. The first kappa shape index (κ1) is 16.1. The smallest absolute Gasteiger partial charge is 0.270 e. The Morgan fingerprint density at radius 2 is 2.08 bits per heavy atom. The summed E-state index contributed by atoms with van der Waals surface area (Å²) in [4.78, 5) is 21.3. The largest absolute Gasteiger partial charge is 0.341 e. The van der Waals surface area contributed by atoms with E-state index in [0.717, 1.165) is 23.6 Å². The van der Waals surface area contributed by atoms with Crippen LogP contribution in [0.15, 0.2) is 18.5 Å². The topological polar surface area (TPSA) is 90.0 Å². The zero-order chi connectivity index (χ0) is 17.3. The van der Waals surface area contributed by atoms with E-state index >= 15 is 0 Å². The number of carbonyl (C=O) groups excluding carboxylic acids is 1. The van der Waals surface area contributed by atoms with Crippen LogP contribution in [0.2, 0.25) is 0 Å². The van der Waals surface area contributed by atoms with Gasteiger partial charge in [-0.1, -0.05) is 6.92 Å². The molecule has 0 fully saturated rings. The average molecular weight is 327 g/mol. The minimum Gasteiger partial charge on any atom is -0.341 e. The van der Waals surface area contributed by atoms with Crippen molar-refractivity contribution >= 4 is 11.6 Å². The zero-order valence-electron chi connectivity index (χ0n) is 14.3. The molecular weight excluding hydrogens is 306 g/mol. The summed E-state index contributed by atoms with van der Waals surface area (Å²) in [6.45, 7) is 8.51. The van der Waals surface area contributed by atoms with Gasteiger partial charge in [-0.25, -0.2) is 19.2 Å². The Balaban J connectivity index is 1.88. The van der Waals surface area contributed by atoms with Crippen molar-refractivity contribution in [3.05, 3.63) is 41.4 Å². The van der Waals surface area contributed by atoms with Crippen molar-refractivity contribution in [1.29, 1.82) is 0 Å². The van der Waals surface area contributed by atoms with Crippen LogP contribution in [0.1, 0.15) is 54.0 Å². The predicted octanol–water partition coefficient (Wildman–Crippen LogP) is 1.84. The molecule has 3 heterocycles. The number of aryl methyl sites for hydroxylation is 3. The molecule has 0 unspecified atom stereocenters. The molecule has 0 aliphatic rings. The summed E-state index contributed by atoms with van der Waals surface area (Å²) in [7, 11) is 0. The molecule has 0 bridgehead atoms. The zero-order valence-corrected chi connectivity index (χ0v) is 14.3. The second-order valence-electron chi connectivity index (χ2n) is 5.71. The first-order valence-corrected chi connectivity index (χ1v) is 8.06. The molecule has 0 radical (unpaired) electrons. The van der Waals surface area contributed by atoms with Gasteiger partial charge in [-0.15, -0.1) is 0 Å². The Hall–Kier alpha value is -2.77. The Morgan fingerprint density at radius 3 is 2.79 bits per heavy atom. The fourth-order valence-electron chi connectivity index (χ4n) is 2.72. The Labute approximate surface area is 139 Å². The number of fused-ring (bicyclic) bond motifs is 1. The van der Waals surface area contributed by atoms with Crippen molar-refractivity contribution in [2.24, 2.45) is 0 Å². The van der Waals surface area contributed by atoms with Crippen LogP contribution < -0.4 is 5.32 Å². The first-order valence-electron chi connectivity index (χ1n) is 8.06. The van der Waals surface area contributed by atoms with Crippen molar-refractivity contribution < 1.29 is 4.79 Å². The molecule has 8 nitrogen and oxygen atoms in total. The molecule has 0 aliphatic carbocycles. The summed E-state index contributed by atoms with van der Waals surface area (Å²) in [5.74, 6) is 0.531. The Morgan fingerprint density at radius 1 is 1.29 bits per heavy atom. The average Bonchev–Trinajstić information content (AvgIpc) is 3.17. The number of nitrogens with zero attached hydrogens (tertiary/aromatic N) is 6. The van der Waals surface area contributed by atoms with Crippen LogP contribution in [0.3, 0.4) is 0 Å². The van der Waals surface area contributed by atoms with E-state index in [1.807, 2.05) is 33.8 Å². The van der Waals surface area contributed by atoms with E-state index in [2.05, 4.69) is 25.5 Å². The van der Waals surface area contributed by atoms with Crippen LogP contribution in [0.4, 0.5) is 0 Å². The van der Waals surface area contributed by atoms with Crippen LogP contribution in [-0.4, -0.2) is 35.3 Å². The van der Waals surface area contributed by atoms with Crippen molar-refractivity contribution in [3.63, 3.8) is 0 Å². The maximum absolute atomic E-state index is 12.7. The quantitative estimate of drug-likeness (QED) is 0.772. The molecule has 0 saturated heterocycles. The molecule has 1 N–H and O–H groups in total. The summed E-state index contributed by atoms with van der Waals surface area (Å²) in [5, 5.41) is 11.5. The van der Waals surface area contributed by atoms with Crippen LogP contribution in [0.25, 0.3) is 5.65 Å². The second-order valence-corrected chi connectivity index (χ2v) is 5.71. The van der Waals surface area contributed by atoms with Crippen molar-refractivity contribution in [2.45, 2.75) is 46.7 Å². The first-order chi connectivity index (χ1) is 11.5. The monoisotopic (exact) mass is 327 g/mol. The van der Waals surface area contributed by atoms with Gasteiger partial charge in [-0.2, -0.15) is 10.2 Å². The van der Waals surface area contributed by atoms with E-state index in [1.165, 1.54) is 6.33 Å². The summed E-state index contributed by atoms with van der Waals surface area (Å²) in [5.41, 5.74) is 2.78. The SMILES string of the molecule is CC[C@H](NC(=O)c1cc(C)n2nc(C)cc2n1)c1ncnn1CC. The highest BCUT2D eigenvalue weighted by atomic mass is 16.2. The third kappa shape index (κ3) is 2.86. The minimum absolute atomic E-state index is 0.204. The highest BCUT2D eigenvalue weighted by molar-refractivity contribution is 5.93. The summed E-state index contributed by atoms with van der Waals surface area (Å²) in [6.07, 6.45) is 2.23. The predicted molar refractivity (Wildman–Crippen MR) is 88.7 cm³/mol. The Kier molecular flexibility index (Phi) is 4.28. The van der Waals surface area contributed by atoms with Gasteiger partial charge in [0.25, 0.3) is 5.91 Å². The number of carbonyl (C=O) groups is 1. The fourth-order valence-corrected chi connectivity index (χ4v) is 2.72. The van der Waals surface area contributed by atoms with Crippen LogP contribution in [0, 0.1) is 13.8 Å². The van der Waals surface area contributed by atoms with Crippen molar-refractivity contribution in [3.8, 4) is 0 Å². The molecule has 1 atom stereocenters. The lowest BCUT2D eigenvalue weighted by atomic mass is 10.2. The van der Waals surface area contributed by atoms with E-state index in [1.54, 1.807) is 15.3 Å². The Bertz CT molecular complexity index is 880. The van der Waals surface area contributed by atoms with Crippen molar-refractivity contribution in [1.82, 2.24) is 34.7 Å². The third-order valence-electron chi connectivity index (χ3n) is 3.93. The van der Waals surface area contributed by atoms with E-state index in [4.69, 9.17) is 0 Å². The number of hydrogen-bond donors (Lipinski definition) is 1. The molecule has 1 amide bonds. The maximum atomic E-state index is 12.7. The molecule has 0 aromatic carbocycles. The fraction of sp³-hybridized carbons (Fsp3) is 0.438. The maximum Gasteiger partial charge on any atom is 0.270 e. The van der Waals surface area contributed by atoms with Gasteiger partial charge in [0.15, 0.2) is 5.65 Å². The van der Waals surface area contributed by atoms with Gasteiger partial charge in [0.05, 0.1) is 11.7 Å². The van der Waals surface area contributed by atoms with Crippen LogP contribution in [-0.2, 0) is 6.54 Å². The molecule has 126 valence electrons. The van der Waals surface area contributed by atoms with Gasteiger partial charge >= 0.3 is 0 Å². The molecule has 3 aromatic rings. The highest BCUT2D eigenvalue weighted by Gasteiger charge is 2.20. The lowest BCUT2D eigenvalue weighted by Gasteiger charge is -2.16. The lowest BCUT2D eigenvalue weighted by molar-refractivity contribution is 0.0927. The molecule has 8 heteroatoms. The van der Waals surface area contributed by atoms with Gasteiger partial charge < -0.3 is 5.32 Å². The van der Waals surface area contributed by atoms with Crippen LogP contribution in [0.5, 0.6) is 0 Å². The van der Waals surface area contributed by atoms with Gasteiger partial charge in [-0.3, -0.25) is 4.79 Å². The molecule has 24 heavy (non-hydrogen) atoms. The number of amides is 1. The van der Waals surface area contributed by atoms with E-state index in [0.29, 0.717) is 17.9 Å². The number of hydrogen-bond acceptors (Lipinski definition) is 5. The van der Waals surface area contributed by atoms with E-state index < -0.39 is 0 Å². The highest BCUT2D eigenvalue weighted by Crippen LogP contribution is 2.15. The summed E-state index contributed by atoms with van der Waals surface area (Å²) < 4.78 is 3.52. The number of nitrogens with one attached hydrogen (secondary N) is 1. The summed E-state index contributed by atoms with van der Waals surface area (Å²) in [6, 6.07) is 3.39. The number of rotatable bonds is 5.